The third kappa shape index (κ3) is 2.10. The van der Waals surface area contributed by atoms with Gasteiger partial charge in [-0.25, -0.2) is 4.79 Å². The third-order valence-electron chi connectivity index (χ3n) is 3.56. The zero-order valence-electron chi connectivity index (χ0n) is 11.6. The summed E-state index contributed by atoms with van der Waals surface area (Å²) in [6.07, 6.45) is 1.47. The largest absolute Gasteiger partial charge is 0.478 e. The summed E-state index contributed by atoms with van der Waals surface area (Å²) in [5.41, 5.74) is 2.14. The van der Waals surface area contributed by atoms with E-state index in [1.165, 1.54) is 16.8 Å². The molecule has 0 amide bonds. The van der Waals surface area contributed by atoms with Crippen LogP contribution in [0.1, 0.15) is 16.1 Å². The maximum absolute atomic E-state index is 12.0. The number of carbonyl (C=O) groups is 1. The molecule has 2 aromatic heterocycles. The molecular formula is C15H13N3O3. The van der Waals surface area contributed by atoms with Crippen molar-refractivity contribution in [1.29, 1.82) is 0 Å². The molecule has 1 N–H and O–H groups in total. The van der Waals surface area contributed by atoms with Crippen LogP contribution in [0, 0.1) is 6.92 Å². The second-order valence-electron chi connectivity index (χ2n) is 4.84. The van der Waals surface area contributed by atoms with Gasteiger partial charge < -0.3 is 5.11 Å². The minimum absolute atomic E-state index is 0.0186. The highest BCUT2D eigenvalue weighted by molar-refractivity contribution is 5.87. The van der Waals surface area contributed by atoms with Crippen molar-refractivity contribution < 1.29 is 9.90 Å². The first-order chi connectivity index (χ1) is 9.97. The lowest BCUT2D eigenvalue weighted by Gasteiger charge is -2.06. The van der Waals surface area contributed by atoms with Crippen molar-refractivity contribution in [1.82, 2.24) is 14.3 Å². The van der Waals surface area contributed by atoms with Crippen molar-refractivity contribution >= 4 is 16.9 Å². The number of rotatable bonds is 2. The first-order valence-electron chi connectivity index (χ1n) is 6.37. The molecule has 6 heteroatoms. The van der Waals surface area contributed by atoms with Gasteiger partial charge in [-0.05, 0) is 31.2 Å². The van der Waals surface area contributed by atoms with Crippen molar-refractivity contribution in [2.45, 2.75) is 6.92 Å². The molecule has 0 atom stereocenters. The summed E-state index contributed by atoms with van der Waals surface area (Å²) >= 11 is 0. The highest BCUT2D eigenvalue weighted by Gasteiger charge is 2.09. The van der Waals surface area contributed by atoms with Gasteiger partial charge in [-0.15, -0.1) is 0 Å². The van der Waals surface area contributed by atoms with E-state index in [0.29, 0.717) is 5.69 Å². The molecule has 0 aliphatic heterocycles. The van der Waals surface area contributed by atoms with Crippen molar-refractivity contribution in [2.24, 2.45) is 7.05 Å². The minimum Gasteiger partial charge on any atom is -0.478 e. The number of nitrogens with zero attached hydrogens (tertiary/aromatic N) is 3. The zero-order chi connectivity index (χ0) is 15.1. The van der Waals surface area contributed by atoms with Gasteiger partial charge in [0.15, 0.2) is 0 Å². The fourth-order valence-corrected chi connectivity index (χ4v) is 2.29. The molecule has 0 bridgehead atoms. The molecule has 1 aromatic carbocycles. The van der Waals surface area contributed by atoms with E-state index < -0.39 is 5.97 Å². The highest BCUT2D eigenvalue weighted by Crippen LogP contribution is 2.20. The number of aryl methyl sites for hydroxylation is 2. The molecule has 21 heavy (non-hydrogen) atoms. The van der Waals surface area contributed by atoms with Gasteiger partial charge in [0.25, 0.3) is 5.56 Å². The lowest BCUT2D eigenvalue weighted by atomic mass is 10.2. The van der Waals surface area contributed by atoms with E-state index in [4.69, 9.17) is 5.11 Å². The van der Waals surface area contributed by atoms with Gasteiger partial charge in [0.05, 0.1) is 11.1 Å². The Morgan fingerprint density at radius 3 is 2.67 bits per heavy atom. The van der Waals surface area contributed by atoms with Crippen LogP contribution in [0.3, 0.4) is 0 Å². The Labute approximate surface area is 119 Å². The highest BCUT2D eigenvalue weighted by atomic mass is 16.4. The summed E-state index contributed by atoms with van der Waals surface area (Å²) in [5.74, 6) is -1.11. The van der Waals surface area contributed by atoms with Crippen LogP contribution in [0.15, 0.2) is 41.3 Å². The first-order valence-corrected chi connectivity index (χ1v) is 6.37. The first kappa shape index (κ1) is 13.1. The number of aromatic nitrogens is 3. The van der Waals surface area contributed by atoms with Crippen LogP contribution < -0.4 is 5.56 Å². The number of hydrogen-bond acceptors (Lipinski definition) is 3. The number of benzene rings is 1. The molecule has 0 saturated carbocycles. The van der Waals surface area contributed by atoms with Crippen LogP contribution in [0.25, 0.3) is 16.6 Å². The second kappa shape index (κ2) is 4.59. The Kier molecular flexibility index (Phi) is 2.86. The van der Waals surface area contributed by atoms with Crippen molar-refractivity contribution in [2.75, 3.05) is 0 Å². The maximum atomic E-state index is 12.0. The SMILES string of the molecule is Cc1c2cc(-n3ccc(C(=O)O)cc3=O)ccc2nn1C. The molecule has 106 valence electrons. The number of carboxylic acids is 1. The third-order valence-corrected chi connectivity index (χ3v) is 3.56. The molecule has 3 aromatic rings. The van der Waals surface area contributed by atoms with Gasteiger partial charge in [0.2, 0.25) is 0 Å². The van der Waals surface area contributed by atoms with E-state index in [0.717, 1.165) is 22.7 Å². The summed E-state index contributed by atoms with van der Waals surface area (Å²) in [7, 11) is 1.86. The number of pyridine rings is 1. The van der Waals surface area contributed by atoms with Crippen LogP contribution >= 0.6 is 0 Å². The fraction of sp³-hybridized carbons (Fsp3) is 0.133. The molecule has 2 heterocycles. The normalized spacial score (nSPS) is 11.0. The second-order valence-corrected chi connectivity index (χ2v) is 4.84. The van der Waals surface area contributed by atoms with E-state index in [2.05, 4.69) is 5.10 Å². The minimum atomic E-state index is -1.11. The smallest absolute Gasteiger partial charge is 0.335 e. The Hall–Kier alpha value is -2.89. The Bertz CT molecular complexity index is 922. The standard InChI is InChI=1S/C15H13N3O3/c1-9-12-8-11(3-4-13(12)16-17(9)2)18-6-5-10(15(20)21)7-14(18)19/h3-8H,1-2H3,(H,20,21). The Balaban J connectivity index is 2.18. The van der Waals surface area contributed by atoms with Crippen LogP contribution in [-0.2, 0) is 7.05 Å². The van der Waals surface area contributed by atoms with Crippen LogP contribution in [-0.4, -0.2) is 25.4 Å². The van der Waals surface area contributed by atoms with Gasteiger partial charge in [0.1, 0.15) is 0 Å². The van der Waals surface area contributed by atoms with E-state index in [1.807, 2.05) is 26.1 Å². The topological polar surface area (TPSA) is 77.1 Å². The summed E-state index contributed by atoms with van der Waals surface area (Å²) in [5, 5.41) is 14.2. The molecular weight excluding hydrogens is 270 g/mol. The quantitative estimate of drug-likeness (QED) is 0.777. The fourth-order valence-electron chi connectivity index (χ4n) is 2.29. The van der Waals surface area contributed by atoms with Gasteiger partial charge in [0, 0.05) is 36.1 Å². The molecule has 3 rings (SSSR count). The van der Waals surface area contributed by atoms with Crippen molar-refractivity contribution in [3.63, 3.8) is 0 Å². The van der Waals surface area contributed by atoms with Gasteiger partial charge in [-0.2, -0.15) is 5.10 Å². The number of fused-ring (bicyclic) bond motifs is 1. The number of aromatic carboxylic acids is 1. The zero-order valence-corrected chi connectivity index (χ0v) is 11.6. The maximum Gasteiger partial charge on any atom is 0.335 e. The summed E-state index contributed by atoms with van der Waals surface area (Å²) < 4.78 is 3.20. The van der Waals surface area contributed by atoms with E-state index in [9.17, 15) is 9.59 Å². The lowest BCUT2D eigenvalue weighted by molar-refractivity contribution is 0.0696. The average molecular weight is 283 g/mol. The molecule has 0 aliphatic rings. The predicted molar refractivity (Wildman–Crippen MR) is 78.0 cm³/mol. The van der Waals surface area contributed by atoms with Crippen LogP contribution in [0.5, 0.6) is 0 Å². The summed E-state index contributed by atoms with van der Waals surface area (Å²) in [6.45, 7) is 1.95. The van der Waals surface area contributed by atoms with Crippen LogP contribution in [0.4, 0.5) is 0 Å². The van der Waals surface area contributed by atoms with Gasteiger partial charge >= 0.3 is 5.97 Å². The van der Waals surface area contributed by atoms with E-state index >= 15 is 0 Å². The lowest BCUT2D eigenvalue weighted by Crippen LogP contribution is -2.18. The Morgan fingerprint density at radius 1 is 1.24 bits per heavy atom. The predicted octanol–water partition coefficient (Wildman–Crippen LogP) is 1.73. The molecule has 0 aliphatic carbocycles. The molecule has 0 unspecified atom stereocenters. The summed E-state index contributed by atoms with van der Waals surface area (Å²) in [4.78, 5) is 22.9. The molecule has 0 spiro atoms. The van der Waals surface area contributed by atoms with Gasteiger partial charge in [-0.3, -0.25) is 14.0 Å². The average Bonchev–Trinajstić information content (AvgIpc) is 2.74. The molecule has 0 saturated heterocycles. The van der Waals surface area contributed by atoms with Gasteiger partial charge in [-0.1, -0.05) is 0 Å². The summed E-state index contributed by atoms with van der Waals surface area (Å²) in [6, 6.07) is 8.03. The number of hydrogen-bond donors (Lipinski definition) is 1. The molecule has 0 radical (unpaired) electrons. The Morgan fingerprint density at radius 2 is 2.00 bits per heavy atom. The monoisotopic (exact) mass is 283 g/mol. The van der Waals surface area contributed by atoms with Crippen molar-refractivity contribution in [3.05, 3.63) is 58.1 Å². The van der Waals surface area contributed by atoms with E-state index in [1.54, 1.807) is 10.7 Å². The number of carboxylic acid groups (broad SMARTS) is 1. The van der Waals surface area contributed by atoms with Crippen LogP contribution in [0.2, 0.25) is 0 Å². The molecule has 6 nitrogen and oxygen atoms in total. The van der Waals surface area contributed by atoms with Crippen molar-refractivity contribution in [3.8, 4) is 5.69 Å². The molecule has 0 fully saturated rings. The van der Waals surface area contributed by atoms with E-state index in [-0.39, 0.29) is 11.1 Å².